The number of benzene rings is 4. The summed E-state index contributed by atoms with van der Waals surface area (Å²) in [6, 6.07) is 32.3. The molecular weight excluding hydrogens is 388 g/mol. The molecule has 146 valence electrons. The van der Waals surface area contributed by atoms with E-state index in [4.69, 9.17) is 0 Å². The van der Waals surface area contributed by atoms with Crippen LogP contribution in [0.15, 0.2) is 102 Å². The van der Waals surface area contributed by atoms with Crippen molar-refractivity contribution in [3.8, 4) is 0 Å². The minimum Gasteiger partial charge on any atom is -0.319 e. The second-order valence-electron chi connectivity index (χ2n) is 7.28. The fourth-order valence-electron chi connectivity index (χ4n) is 3.95. The average molecular weight is 409 g/mol. The summed E-state index contributed by atoms with van der Waals surface area (Å²) < 4.78 is 3.16. The standard InChI is InChI=1S/C26H20N2OS/c1-28-24-21-15-9-8-10-18(21)16-17-22(24)30-26(28)27-25(29)23(19-11-4-2-5-12-19)20-13-6-3-7-14-20/h2-17,23H,1H3. The first kappa shape index (κ1) is 18.5. The largest absolute Gasteiger partial charge is 0.319 e. The number of carbonyl (C=O) groups is 1. The van der Waals surface area contributed by atoms with Crippen LogP contribution in [-0.4, -0.2) is 10.5 Å². The summed E-state index contributed by atoms with van der Waals surface area (Å²) in [6.07, 6.45) is 0. The van der Waals surface area contributed by atoms with Crippen LogP contribution in [0.4, 0.5) is 0 Å². The Kier molecular flexibility index (Phi) is 4.77. The van der Waals surface area contributed by atoms with Gasteiger partial charge in [-0.2, -0.15) is 4.99 Å². The van der Waals surface area contributed by atoms with E-state index in [2.05, 4.69) is 29.3 Å². The summed E-state index contributed by atoms with van der Waals surface area (Å²) in [4.78, 5) is 18.7. The van der Waals surface area contributed by atoms with Crippen molar-refractivity contribution in [1.29, 1.82) is 0 Å². The number of aryl methyl sites for hydroxylation is 1. The van der Waals surface area contributed by atoms with Crippen molar-refractivity contribution in [2.45, 2.75) is 5.92 Å². The molecule has 1 heterocycles. The molecule has 0 saturated heterocycles. The molecule has 1 amide bonds. The maximum Gasteiger partial charge on any atom is 0.260 e. The molecule has 0 unspecified atom stereocenters. The number of thiazole rings is 1. The predicted molar refractivity (Wildman–Crippen MR) is 124 cm³/mol. The molecule has 5 aromatic rings. The summed E-state index contributed by atoms with van der Waals surface area (Å²) in [5.41, 5.74) is 3.01. The maximum atomic E-state index is 13.4. The minimum absolute atomic E-state index is 0.154. The van der Waals surface area contributed by atoms with E-state index in [1.165, 1.54) is 10.8 Å². The van der Waals surface area contributed by atoms with Crippen molar-refractivity contribution in [1.82, 2.24) is 4.57 Å². The van der Waals surface area contributed by atoms with Crippen molar-refractivity contribution in [3.05, 3.63) is 113 Å². The lowest BCUT2D eigenvalue weighted by molar-refractivity contribution is -0.118. The molecule has 30 heavy (non-hydrogen) atoms. The van der Waals surface area contributed by atoms with Crippen LogP contribution in [0.2, 0.25) is 0 Å². The highest BCUT2D eigenvalue weighted by Gasteiger charge is 2.22. The molecule has 0 spiro atoms. The molecule has 0 saturated carbocycles. The smallest absolute Gasteiger partial charge is 0.260 e. The van der Waals surface area contributed by atoms with E-state index in [1.807, 2.05) is 84.4 Å². The normalized spacial score (nSPS) is 12.1. The van der Waals surface area contributed by atoms with Crippen LogP contribution >= 0.6 is 11.3 Å². The molecule has 0 aliphatic heterocycles. The van der Waals surface area contributed by atoms with Crippen LogP contribution in [-0.2, 0) is 11.8 Å². The number of hydrogen-bond donors (Lipinski definition) is 0. The van der Waals surface area contributed by atoms with E-state index < -0.39 is 5.92 Å². The van der Waals surface area contributed by atoms with E-state index in [-0.39, 0.29) is 5.91 Å². The summed E-state index contributed by atoms with van der Waals surface area (Å²) in [6.45, 7) is 0. The maximum absolute atomic E-state index is 13.4. The Labute approximate surface area is 178 Å². The lowest BCUT2D eigenvalue weighted by Crippen LogP contribution is -2.18. The van der Waals surface area contributed by atoms with Gasteiger partial charge in [0.1, 0.15) is 0 Å². The Hall–Kier alpha value is -3.50. The Morgan fingerprint density at radius 2 is 1.40 bits per heavy atom. The lowest BCUT2D eigenvalue weighted by atomic mass is 9.91. The molecule has 4 heteroatoms. The molecule has 0 aliphatic rings. The number of carbonyl (C=O) groups excluding carboxylic acids is 1. The quantitative estimate of drug-likeness (QED) is 0.380. The van der Waals surface area contributed by atoms with Gasteiger partial charge in [-0.1, -0.05) is 102 Å². The molecule has 0 fully saturated rings. The molecular formula is C26H20N2OS. The van der Waals surface area contributed by atoms with Crippen LogP contribution in [0.25, 0.3) is 21.0 Å². The number of aromatic nitrogens is 1. The number of amides is 1. The first-order valence-electron chi connectivity index (χ1n) is 9.88. The third kappa shape index (κ3) is 3.25. The molecule has 1 aromatic heterocycles. The topological polar surface area (TPSA) is 34.4 Å². The highest BCUT2D eigenvalue weighted by atomic mass is 32.1. The van der Waals surface area contributed by atoms with E-state index in [0.29, 0.717) is 4.80 Å². The average Bonchev–Trinajstić information content (AvgIpc) is 3.11. The van der Waals surface area contributed by atoms with Gasteiger partial charge in [0.15, 0.2) is 4.80 Å². The van der Waals surface area contributed by atoms with Gasteiger partial charge in [-0.15, -0.1) is 0 Å². The zero-order chi connectivity index (χ0) is 20.5. The summed E-state index contributed by atoms with van der Waals surface area (Å²) in [7, 11) is 1.98. The van der Waals surface area contributed by atoms with Crippen molar-refractivity contribution in [2.75, 3.05) is 0 Å². The monoisotopic (exact) mass is 408 g/mol. The van der Waals surface area contributed by atoms with E-state index in [1.54, 1.807) is 11.3 Å². The van der Waals surface area contributed by atoms with Crippen molar-refractivity contribution in [3.63, 3.8) is 0 Å². The Morgan fingerprint density at radius 1 is 0.800 bits per heavy atom. The Bertz CT molecular complexity index is 1380. The third-order valence-electron chi connectivity index (χ3n) is 5.41. The van der Waals surface area contributed by atoms with Gasteiger partial charge < -0.3 is 4.57 Å². The molecule has 4 aromatic carbocycles. The molecule has 0 bridgehead atoms. The molecule has 0 aliphatic carbocycles. The summed E-state index contributed by atoms with van der Waals surface area (Å²) in [5.74, 6) is -0.576. The summed E-state index contributed by atoms with van der Waals surface area (Å²) in [5, 5.41) is 2.35. The Morgan fingerprint density at radius 3 is 2.07 bits per heavy atom. The zero-order valence-electron chi connectivity index (χ0n) is 16.5. The highest BCUT2D eigenvalue weighted by Crippen LogP contribution is 2.28. The molecule has 0 N–H and O–H groups in total. The number of hydrogen-bond acceptors (Lipinski definition) is 2. The second kappa shape index (κ2) is 7.73. The predicted octanol–water partition coefficient (Wildman–Crippen LogP) is 5.65. The van der Waals surface area contributed by atoms with Crippen molar-refractivity contribution < 1.29 is 4.79 Å². The van der Waals surface area contributed by atoms with Crippen LogP contribution < -0.4 is 4.80 Å². The van der Waals surface area contributed by atoms with Gasteiger partial charge in [-0.05, 0) is 22.6 Å². The molecule has 0 atom stereocenters. The van der Waals surface area contributed by atoms with Gasteiger partial charge in [0.05, 0.1) is 16.1 Å². The van der Waals surface area contributed by atoms with Crippen molar-refractivity contribution in [2.24, 2.45) is 12.0 Å². The number of nitrogens with zero attached hydrogens (tertiary/aromatic N) is 2. The van der Waals surface area contributed by atoms with E-state index >= 15 is 0 Å². The number of fused-ring (bicyclic) bond motifs is 3. The molecule has 0 radical (unpaired) electrons. The van der Waals surface area contributed by atoms with Crippen LogP contribution in [0.3, 0.4) is 0 Å². The lowest BCUT2D eigenvalue weighted by Gasteiger charge is -2.14. The van der Waals surface area contributed by atoms with Crippen LogP contribution in [0.5, 0.6) is 0 Å². The molecule has 5 rings (SSSR count). The molecule has 3 nitrogen and oxygen atoms in total. The zero-order valence-corrected chi connectivity index (χ0v) is 17.3. The highest BCUT2D eigenvalue weighted by molar-refractivity contribution is 7.16. The number of rotatable bonds is 3. The van der Waals surface area contributed by atoms with Crippen molar-refractivity contribution >= 4 is 38.2 Å². The van der Waals surface area contributed by atoms with Gasteiger partial charge in [0.2, 0.25) is 0 Å². The van der Waals surface area contributed by atoms with Gasteiger partial charge in [-0.25, -0.2) is 0 Å². The fourth-order valence-corrected chi connectivity index (χ4v) is 4.99. The fraction of sp³-hybridized carbons (Fsp3) is 0.0769. The van der Waals surface area contributed by atoms with E-state index in [0.717, 1.165) is 21.3 Å². The van der Waals surface area contributed by atoms with Gasteiger partial charge in [0, 0.05) is 12.4 Å². The summed E-state index contributed by atoms with van der Waals surface area (Å²) >= 11 is 1.55. The van der Waals surface area contributed by atoms with Crippen LogP contribution in [0.1, 0.15) is 17.0 Å². The van der Waals surface area contributed by atoms with Crippen LogP contribution in [0, 0.1) is 0 Å². The first-order chi connectivity index (χ1) is 14.7. The van der Waals surface area contributed by atoms with Gasteiger partial charge in [-0.3, -0.25) is 4.79 Å². The van der Waals surface area contributed by atoms with E-state index in [9.17, 15) is 4.79 Å². The third-order valence-corrected chi connectivity index (χ3v) is 6.50. The Balaban J connectivity index is 1.67. The second-order valence-corrected chi connectivity index (χ2v) is 8.29. The first-order valence-corrected chi connectivity index (χ1v) is 10.7. The van der Waals surface area contributed by atoms with Gasteiger partial charge >= 0.3 is 0 Å². The van der Waals surface area contributed by atoms with Gasteiger partial charge in [0.25, 0.3) is 5.91 Å². The SMILES string of the molecule is Cn1c(=NC(=O)C(c2ccccc2)c2ccccc2)sc2ccc3ccccc3c21. The minimum atomic E-state index is -0.422.